The van der Waals surface area contributed by atoms with Gasteiger partial charge in [0.2, 0.25) is 0 Å². The van der Waals surface area contributed by atoms with Gasteiger partial charge in [-0.1, -0.05) is 19.1 Å². The molecule has 0 atom stereocenters. The summed E-state index contributed by atoms with van der Waals surface area (Å²) in [5.41, 5.74) is 2.85. The quantitative estimate of drug-likeness (QED) is 0.801. The van der Waals surface area contributed by atoms with E-state index in [1.807, 2.05) is 31.3 Å². The van der Waals surface area contributed by atoms with E-state index in [2.05, 4.69) is 28.8 Å². The molecular formula is C18H24N4O2. The molecule has 2 rings (SSSR count). The fraction of sp³-hybridized carbons (Fsp3) is 0.389. The standard InChI is InChI=1S/C18H24N4O2/c1-4-21(2)11-14-7-5-8-15(19-14)12-22(3)13-16-9-6-10-17(20-16)18(23)24/h5-10H,4,11-13H2,1-3H3,(H,23,24). The molecule has 0 saturated heterocycles. The van der Waals surface area contributed by atoms with Crippen molar-refractivity contribution in [3.8, 4) is 0 Å². The van der Waals surface area contributed by atoms with Crippen molar-refractivity contribution < 1.29 is 9.90 Å². The molecule has 0 amide bonds. The Morgan fingerprint density at radius 2 is 1.42 bits per heavy atom. The van der Waals surface area contributed by atoms with Crippen LogP contribution in [-0.4, -0.2) is 51.5 Å². The highest BCUT2D eigenvalue weighted by Gasteiger charge is 2.09. The number of aromatic nitrogens is 2. The Balaban J connectivity index is 1.99. The van der Waals surface area contributed by atoms with Crippen molar-refractivity contribution in [3.63, 3.8) is 0 Å². The van der Waals surface area contributed by atoms with E-state index in [-0.39, 0.29) is 5.69 Å². The van der Waals surface area contributed by atoms with E-state index in [1.165, 1.54) is 6.07 Å². The van der Waals surface area contributed by atoms with Crippen LogP contribution in [0.4, 0.5) is 0 Å². The maximum Gasteiger partial charge on any atom is 0.354 e. The van der Waals surface area contributed by atoms with E-state index in [0.717, 1.165) is 30.2 Å². The maximum absolute atomic E-state index is 11.0. The van der Waals surface area contributed by atoms with Crippen LogP contribution >= 0.6 is 0 Å². The third kappa shape index (κ3) is 5.40. The van der Waals surface area contributed by atoms with Gasteiger partial charge in [0.05, 0.1) is 17.1 Å². The monoisotopic (exact) mass is 328 g/mol. The lowest BCUT2D eigenvalue weighted by Crippen LogP contribution is -2.21. The number of aromatic carboxylic acids is 1. The number of carbonyl (C=O) groups is 1. The molecule has 24 heavy (non-hydrogen) atoms. The Labute approximate surface area is 142 Å². The summed E-state index contributed by atoms with van der Waals surface area (Å²) in [6.07, 6.45) is 0. The van der Waals surface area contributed by atoms with Crippen molar-refractivity contribution >= 4 is 5.97 Å². The highest BCUT2D eigenvalue weighted by molar-refractivity contribution is 5.85. The van der Waals surface area contributed by atoms with Gasteiger partial charge in [0, 0.05) is 19.6 Å². The average molecular weight is 328 g/mol. The van der Waals surface area contributed by atoms with Crippen molar-refractivity contribution in [1.29, 1.82) is 0 Å². The predicted octanol–water partition coefficient (Wildman–Crippen LogP) is 2.26. The van der Waals surface area contributed by atoms with Crippen molar-refractivity contribution in [2.45, 2.75) is 26.6 Å². The molecule has 2 aromatic rings. The van der Waals surface area contributed by atoms with Gasteiger partial charge in [-0.15, -0.1) is 0 Å². The number of nitrogens with zero attached hydrogens (tertiary/aromatic N) is 4. The summed E-state index contributed by atoms with van der Waals surface area (Å²) in [5, 5.41) is 9.01. The molecule has 0 saturated carbocycles. The van der Waals surface area contributed by atoms with Gasteiger partial charge in [-0.3, -0.25) is 9.88 Å². The average Bonchev–Trinajstić information content (AvgIpc) is 2.55. The lowest BCUT2D eigenvalue weighted by atomic mass is 10.2. The molecule has 6 heteroatoms. The van der Waals surface area contributed by atoms with E-state index in [9.17, 15) is 4.79 Å². The topological polar surface area (TPSA) is 69.6 Å². The number of carboxylic acid groups (broad SMARTS) is 1. The second kappa shape index (κ2) is 8.52. The zero-order valence-electron chi connectivity index (χ0n) is 14.4. The first kappa shape index (κ1) is 18.0. The van der Waals surface area contributed by atoms with Crippen LogP contribution < -0.4 is 0 Å². The Kier molecular flexibility index (Phi) is 6.40. The number of hydrogen-bond acceptors (Lipinski definition) is 5. The van der Waals surface area contributed by atoms with Crippen LogP contribution in [0.1, 0.15) is 34.5 Å². The number of pyridine rings is 2. The third-order valence-corrected chi connectivity index (χ3v) is 3.73. The van der Waals surface area contributed by atoms with Gasteiger partial charge in [-0.05, 0) is 44.9 Å². The number of hydrogen-bond donors (Lipinski definition) is 1. The Hall–Kier alpha value is -2.31. The van der Waals surface area contributed by atoms with Gasteiger partial charge in [-0.2, -0.15) is 0 Å². The molecule has 6 nitrogen and oxygen atoms in total. The molecule has 0 aliphatic carbocycles. The highest BCUT2D eigenvalue weighted by Crippen LogP contribution is 2.08. The second-order valence-corrected chi connectivity index (χ2v) is 5.94. The molecule has 0 aliphatic heterocycles. The highest BCUT2D eigenvalue weighted by atomic mass is 16.4. The molecule has 0 spiro atoms. The maximum atomic E-state index is 11.0. The molecule has 0 radical (unpaired) electrons. The van der Waals surface area contributed by atoms with E-state index < -0.39 is 5.97 Å². The molecule has 0 bridgehead atoms. The minimum absolute atomic E-state index is 0.0728. The van der Waals surface area contributed by atoms with Crippen LogP contribution in [0.2, 0.25) is 0 Å². The summed E-state index contributed by atoms with van der Waals surface area (Å²) in [5.74, 6) is -1.01. The zero-order chi connectivity index (χ0) is 17.5. The summed E-state index contributed by atoms with van der Waals surface area (Å²) >= 11 is 0. The Bertz CT molecular complexity index is 690. The van der Waals surface area contributed by atoms with Gasteiger partial charge < -0.3 is 10.0 Å². The van der Waals surface area contributed by atoms with Crippen LogP contribution in [0, 0.1) is 0 Å². The summed E-state index contributed by atoms with van der Waals surface area (Å²) in [6.45, 7) is 5.19. The molecule has 2 aromatic heterocycles. The minimum Gasteiger partial charge on any atom is -0.477 e. The van der Waals surface area contributed by atoms with Crippen LogP contribution in [0.25, 0.3) is 0 Å². The minimum atomic E-state index is -1.01. The van der Waals surface area contributed by atoms with Crippen LogP contribution in [0.3, 0.4) is 0 Å². The molecule has 2 heterocycles. The molecule has 0 fully saturated rings. The largest absolute Gasteiger partial charge is 0.477 e. The van der Waals surface area contributed by atoms with Crippen molar-refractivity contribution in [1.82, 2.24) is 19.8 Å². The summed E-state index contributed by atoms with van der Waals surface area (Å²) in [4.78, 5) is 24.1. The van der Waals surface area contributed by atoms with Crippen LogP contribution in [0.15, 0.2) is 36.4 Å². The summed E-state index contributed by atoms with van der Waals surface area (Å²) < 4.78 is 0. The molecule has 0 unspecified atom stereocenters. The van der Waals surface area contributed by atoms with Crippen molar-refractivity contribution in [2.75, 3.05) is 20.6 Å². The molecule has 0 aromatic carbocycles. The van der Waals surface area contributed by atoms with E-state index in [1.54, 1.807) is 6.07 Å². The Morgan fingerprint density at radius 3 is 1.96 bits per heavy atom. The molecule has 128 valence electrons. The van der Waals surface area contributed by atoms with Gasteiger partial charge >= 0.3 is 5.97 Å². The van der Waals surface area contributed by atoms with Gasteiger partial charge in [-0.25, -0.2) is 9.78 Å². The number of carboxylic acids is 1. The van der Waals surface area contributed by atoms with Crippen LogP contribution in [0.5, 0.6) is 0 Å². The molecule has 1 N–H and O–H groups in total. The van der Waals surface area contributed by atoms with E-state index in [0.29, 0.717) is 13.1 Å². The lowest BCUT2D eigenvalue weighted by Gasteiger charge is -2.17. The van der Waals surface area contributed by atoms with Gasteiger partial charge in [0.1, 0.15) is 5.69 Å². The first-order valence-electron chi connectivity index (χ1n) is 7.99. The second-order valence-electron chi connectivity index (χ2n) is 5.94. The Morgan fingerprint density at radius 1 is 0.917 bits per heavy atom. The van der Waals surface area contributed by atoms with E-state index in [4.69, 9.17) is 10.1 Å². The van der Waals surface area contributed by atoms with Crippen LogP contribution in [-0.2, 0) is 19.6 Å². The first-order valence-corrected chi connectivity index (χ1v) is 7.99. The summed E-state index contributed by atoms with van der Waals surface area (Å²) in [6, 6.07) is 11.1. The SMILES string of the molecule is CCN(C)Cc1cccc(CN(C)Cc2cccc(C(=O)O)n2)n1. The van der Waals surface area contributed by atoms with Crippen molar-refractivity contribution in [2.24, 2.45) is 0 Å². The smallest absolute Gasteiger partial charge is 0.354 e. The molecule has 0 aliphatic rings. The molecular weight excluding hydrogens is 304 g/mol. The van der Waals surface area contributed by atoms with Gasteiger partial charge in [0.15, 0.2) is 0 Å². The normalized spacial score (nSPS) is 11.2. The van der Waals surface area contributed by atoms with Crippen molar-refractivity contribution in [3.05, 3.63) is 59.2 Å². The number of rotatable bonds is 8. The fourth-order valence-electron chi connectivity index (χ4n) is 2.39. The van der Waals surface area contributed by atoms with Gasteiger partial charge in [0.25, 0.3) is 0 Å². The predicted molar refractivity (Wildman–Crippen MR) is 92.6 cm³/mol. The summed E-state index contributed by atoms with van der Waals surface area (Å²) in [7, 11) is 4.04. The fourth-order valence-corrected chi connectivity index (χ4v) is 2.39. The zero-order valence-corrected chi connectivity index (χ0v) is 14.4. The lowest BCUT2D eigenvalue weighted by molar-refractivity contribution is 0.0690. The first-order chi connectivity index (χ1) is 11.5. The van der Waals surface area contributed by atoms with E-state index >= 15 is 0 Å². The third-order valence-electron chi connectivity index (χ3n) is 3.73.